The molecule has 0 radical (unpaired) electrons. The molecule has 0 bridgehead atoms. The lowest BCUT2D eigenvalue weighted by Crippen LogP contribution is -2.43. The number of nitrogens with zero attached hydrogens (tertiary/aromatic N) is 1. The van der Waals surface area contributed by atoms with Gasteiger partial charge in [-0.2, -0.15) is 0 Å². The first-order valence-electron chi connectivity index (χ1n) is 10.6. The van der Waals surface area contributed by atoms with Crippen molar-refractivity contribution >= 4 is 35.8 Å². The Balaban J connectivity index is 0.00000512. The minimum atomic E-state index is -0.0728. The maximum absolute atomic E-state index is 12.1. The van der Waals surface area contributed by atoms with E-state index in [1.807, 2.05) is 37.3 Å². The first kappa shape index (κ1) is 27.7. The van der Waals surface area contributed by atoms with Crippen LogP contribution in [0.25, 0.3) is 0 Å². The van der Waals surface area contributed by atoms with E-state index >= 15 is 0 Å². The number of rotatable bonds is 12. The third kappa shape index (κ3) is 10.8. The number of amides is 1. The van der Waals surface area contributed by atoms with Gasteiger partial charge in [-0.3, -0.25) is 9.79 Å². The average Bonchev–Trinajstić information content (AvgIpc) is 2.78. The van der Waals surface area contributed by atoms with Gasteiger partial charge in [0.05, 0.1) is 13.2 Å². The van der Waals surface area contributed by atoms with Crippen LogP contribution < -0.4 is 20.7 Å². The molecule has 0 aliphatic rings. The SMILES string of the molecule is CN=C(NCC(=O)NCCc1ccccc1)NCc1ccc(C)cc1OCCCOC.I. The molecule has 2 aromatic carbocycles. The van der Waals surface area contributed by atoms with Crippen LogP contribution in [0.5, 0.6) is 5.75 Å². The van der Waals surface area contributed by atoms with E-state index in [2.05, 4.69) is 39.1 Å². The van der Waals surface area contributed by atoms with Crippen molar-refractivity contribution in [3.05, 3.63) is 65.2 Å². The minimum Gasteiger partial charge on any atom is -0.493 e. The van der Waals surface area contributed by atoms with Gasteiger partial charge in [-0.05, 0) is 30.5 Å². The second kappa shape index (κ2) is 16.3. The molecular formula is C24H35IN4O3. The summed E-state index contributed by atoms with van der Waals surface area (Å²) in [5.74, 6) is 1.33. The molecule has 3 N–H and O–H groups in total. The minimum absolute atomic E-state index is 0. The van der Waals surface area contributed by atoms with Gasteiger partial charge in [0, 0.05) is 45.8 Å². The quantitative estimate of drug-likeness (QED) is 0.163. The Kier molecular flexibility index (Phi) is 14.1. The van der Waals surface area contributed by atoms with Crippen LogP contribution in [-0.2, 0) is 22.5 Å². The maximum atomic E-state index is 12.1. The number of ether oxygens (including phenoxy) is 2. The second-order valence-electron chi connectivity index (χ2n) is 7.17. The van der Waals surface area contributed by atoms with Crippen LogP contribution in [0.4, 0.5) is 0 Å². The summed E-state index contributed by atoms with van der Waals surface area (Å²) < 4.78 is 11.0. The number of benzene rings is 2. The van der Waals surface area contributed by atoms with Crippen molar-refractivity contribution in [1.29, 1.82) is 0 Å². The number of nitrogens with one attached hydrogen (secondary N) is 3. The molecule has 0 aliphatic heterocycles. The molecular weight excluding hydrogens is 519 g/mol. The molecule has 0 unspecified atom stereocenters. The van der Waals surface area contributed by atoms with E-state index in [1.165, 1.54) is 5.56 Å². The van der Waals surface area contributed by atoms with Gasteiger partial charge >= 0.3 is 0 Å². The zero-order valence-corrected chi connectivity index (χ0v) is 21.5. The van der Waals surface area contributed by atoms with Crippen LogP contribution >= 0.6 is 24.0 Å². The monoisotopic (exact) mass is 554 g/mol. The molecule has 0 aromatic heterocycles. The van der Waals surface area contributed by atoms with Crippen LogP contribution in [0.1, 0.15) is 23.1 Å². The standard InChI is InChI=1S/C24H34N4O3.HI/c1-19-10-11-21(22(16-19)31-15-7-14-30-3)17-27-24(25-2)28-18-23(29)26-13-12-20-8-5-4-6-9-20;/h4-6,8-11,16H,7,12-15,17-18H2,1-3H3,(H,26,29)(H2,25,27,28);1H. The molecule has 2 rings (SSSR count). The van der Waals surface area contributed by atoms with Crippen molar-refractivity contribution in [2.24, 2.45) is 4.99 Å². The van der Waals surface area contributed by atoms with Crippen LogP contribution in [0, 0.1) is 6.92 Å². The van der Waals surface area contributed by atoms with Crippen LogP contribution in [0.3, 0.4) is 0 Å². The van der Waals surface area contributed by atoms with E-state index in [0.717, 1.165) is 29.7 Å². The molecule has 0 saturated carbocycles. The van der Waals surface area contributed by atoms with Crippen molar-refractivity contribution in [3.8, 4) is 5.75 Å². The van der Waals surface area contributed by atoms with Gasteiger partial charge in [-0.25, -0.2) is 0 Å². The Morgan fingerprint density at radius 1 is 1.03 bits per heavy atom. The number of halogens is 1. The number of carbonyl (C=O) groups excluding carboxylic acids is 1. The molecule has 1 amide bonds. The van der Waals surface area contributed by atoms with Crippen molar-refractivity contribution in [2.45, 2.75) is 26.3 Å². The van der Waals surface area contributed by atoms with Crippen LogP contribution in [0.15, 0.2) is 53.5 Å². The van der Waals surface area contributed by atoms with Gasteiger partial charge in [0.15, 0.2) is 5.96 Å². The molecule has 0 aliphatic carbocycles. The highest BCUT2D eigenvalue weighted by Crippen LogP contribution is 2.20. The molecule has 32 heavy (non-hydrogen) atoms. The fraction of sp³-hybridized carbons (Fsp3) is 0.417. The van der Waals surface area contributed by atoms with Crippen molar-refractivity contribution in [1.82, 2.24) is 16.0 Å². The van der Waals surface area contributed by atoms with Crippen LogP contribution in [-0.4, -0.2) is 52.3 Å². The number of hydrogen-bond donors (Lipinski definition) is 3. The number of methoxy groups -OCH3 is 1. The third-order valence-corrected chi connectivity index (χ3v) is 4.64. The number of aryl methyl sites for hydroxylation is 1. The summed E-state index contributed by atoms with van der Waals surface area (Å²) in [6.07, 6.45) is 1.64. The molecule has 0 heterocycles. The maximum Gasteiger partial charge on any atom is 0.239 e. The molecule has 8 heteroatoms. The molecule has 0 atom stereocenters. The van der Waals surface area contributed by atoms with E-state index in [-0.39, 0.29) is 36.4 Å². The van der Waals surface area contributed by atoms with Gasteiger partial charge in [0.1, 0.15) is 5.75 Å². The van der Waals surface area contributed by atoms with E-state index < -0.39 is 0 Å². The molecule has 7 nitrogen and oxygen atoms in total. The predicted octanol–water partition coefficient (Wildman–Crippen LogP) is 3.05. The Hall–Kier alpha value is -2.33. The lowest BCUT2D eigenvalue weighted by molar-refractivity contribution is -0.119. The summed E-state index contributed by atoms with van der Waals surface area (Å²) in [7, 11) is 3.37. The average molecular weight is 554 g/mol. The normalized spacial score (nSPS) is 10.8. The Morgan fingerprint density at radius 2 is 1.81 bits per heavy atom. The zero-order chi connectivity index (χ0) is 22.3. The Bertz CT molecular complexity index is 831. The highest BCUT2D eigenvalue weighted by molar-refractivity contribution is 14.0. The van der Waals surface area contributed by atoms with Gasteiger partial charge in [0.25, 0.3) is 0 Å². The van der Waals surface area contributed by atoms with E-state index in [4.69, 9.17) is 9.47 Å². The highest BCUT2D eigenvalue weighted by Gasteiger charge is 2.07. The van der Waals surface area contributed by atoms with Crippen molar-refractivity contribution in [2.75, 3.05) is 40.5 Å². The summed E-state index contributed by atoms with van der Waals surface area (Å²) in [4.78, 5) is 16.3. The molecule has 0 saturated heterocycles. The number of carbonyl (C=O) groups is 1. The molecule has 0 fully saturated rings. The summed E-state index contributed by atoms with van der Waals surface area (Å²) >= 11 is 0. The number of guanidine groups is 1. The fourth-order valence-electron chi connectivity index (χ4n) is 2.94. The van der Waals surface area contributed by atoms with E-state index in [9.17, 15) is 4.79 Å². The first-order valence-corrected chi connectivity index (χ1v) is 10.6. The number of aliphatic imine (C=N–C) groups is 1. The molecule has 2 aromatic rings. The predicted molar refractivity (Wildman–Crippen MR) is 140 cm³/mol. The lowest BCUT2D eigenvalue weighted by atomic mass is 10.1. The third-order valence-electron chi connectivity index (χ3n) is 4.64. The molecule has 176 valence electrons. The topological polar surface area (TPSA) is 84.0 Å². The largest absolute Gasteiger partial charge is 0.493 e. The Morgan fingerprint density at radius 3 is 2.53 bits per heavy atom. The summed E-state index contributed by atoms with van der Waals surface area (Å²) in [6.45, 7) is 4.60. The van der Waals surface area contributed by atoms with E-state index in [0.29, 0.717) is 32.3 Å². The first-order chi connectivity index (χ1) is 15.1. The fourth-order valence-corrected chi connectivity index (χ4v) is 2.94. The zero-order valence-electron chi connectivity index (χ0n) is 19.1. The number of hydrogen-bond acceptors (Lipinski definition) is 4. The second-order valence-corrected chi connectivity index (χ2v) is 7.17. The summed E-state index contributed by atoms with van der Waals surface area (Å²) in [6, 6.07) is 16.2. The smallest absolute Gasteiger partial charge is 0.239 e. The molecule has 0 spiro atoms. The van der Waals surface area contributed by atoms with Gasteiger partial charge in [-0.15, -0.1) is 24.0 Å². The summed E-state index contributed by atoms with van der Waals surface area (Å²) in [5, 5.41) is 9.21. The van der Waals surface area contributed by atoms with Gasteiger partial charge < -0.3 is 25.4 Å². The van der Waals surface area contributed by atoms with E-state index in [1.54, 1.807) is 14.2 Å². The lowest BCUT2D eigenvalue weighted by Gasteiger charge is -2.15. The van der Waals surface area contributed by atoms with Crippen molar-refractivity contribution < 1.29 is 14.3 Å². The Labute approximate surface area is 208 Å². The van der Waals surface area contributed by atoms with Gasteiger partial charge in [0.2, 0.25) is 5.91 Å². The van der Waals surface area contributed by atoms with Crippen molar-refractivity contribution in [3.63, 3.8) is 0 Å². The summed E-state index contributed by atoms with van der Waals surface area (Å²) in [5.41, 5.74) is 3.37. The van der Waals surface area contributed by atoms with Crippen LogP contribution in [0.2, 0.25) is 0 Å². The van der Waals surface area contributed by atoms with Gasteiger partial charge in [-0.1, -0.05) is 42.5 Å². The highest BCUT2D eigenvalue weighted by atomic mass is 127.